The van der Waals surface area contributed by atoms with Crippen LogP contribution >= 0.6 is 23.5 Å². The SMILES string of the molecule is CSCCC(C)C(=O)ONC(=O)[C@H](CSC(C)=O)Cc1ccccc1. The fourth-order valence-electron chi connectivity index (χ4n) is 2.04. The van der Waals surface area contributed by atoms with Crippen LogP contribution in [-0.4, -0.2) is 34.8 Å². The second-order valence-electron chi connectivity index (χ2n) is 5.76. The van der Waals surface area contributed by atoms with Gasteiger partial charge in [-0.2, -0.15) is 17.2 Å². The third-order valence-electron chi connectivity index (χ3n) is 3.59. The lowest BCUT2D eigenvalue weighted by atomic mass is 10.0. The first-order valence-corrected chi connectivity index (χ1v) is 10.5. The van der Waals surface area contributed by atoms with Gasteiger partial charge in [-0.05, 0) is 30.4 Å². The first-order valence-electron chi connectivity index (χ1n) is 8.10. The highest BCUT2D eigenvalue weighted by Crippen LogP contribution is 2.16. The van der Waals surface area contributed by atoms with Gasteiger partial charge in [0.1, 0.15) is 0 Å². The van der Waals surface area contributed by atoms with Gasteiger partial charge in [-0.3, -0.25) is 9.59 Å². The number of rotatable bonds is 9. The van der Waals surface area contributed by atoms with E-state index in [2.05, 4.69) is 5.48 Å². The van der Waals surface area contributed by atoms with Crippen LogP contribution in [0.5, 0.6) is 0 Å². The van der Waals surface area contributed by atoms with Crippen molar-refractivity contribution in [2.24, 2.45) is 11.8 Å². The molecule has 1 aromatic carbocycles. The molecule has 1 aromatic rings. The fourth-order valence-corrected chi connectivity index (χ4v) is 3.34. The first kappa shape index (κ1) is 21.6. The normalized spacial score (nSPS) is 12.9. The summed E-state index contributed by atoms with van der Waals surface area (Å²) >= 11 is 2.75. The van der Waals surface area contributed by atoms with E-state index in [1.165, 1.54) is 6.92 Å². The van der Waals surface area contributed by atoms with Crippen LogP contribution in [0.25, 0.3) is 0 Å². The monoisotopic (exact) mass is 383 g/mol. The standard InChI is InChI=1S/C18H25NO4S2/c1-13(9-10-24-3)18(22)23-19-17(21)16(12-25-14(2)20)11-15-7-5-4-6-8-15/h4-8,13,16H,9-12H2,1-3H3,(H,19,21)/t13?,16-/m0/s1. The summed E-state index contributed by atoms with van der Waals surface area (Å²) in [5.74, 6) is -0.355. The van der Waals surface area contributed by atoms with Crippen LogP contribution < -0.4 is 5.48 Å². The summed E-state index contributed by atoms with van der Waals surface area (Å²) in [5.41, 5.74) is 3.26. The lowest BCUT2D eigenvalue weighted by Crippen LogP contribution is -2.36. The molecule has 0 aliphatic heterocycles. The van der Waals surface area contributed by atoms with Crippen LogP contribution in [0, 0.1) is 11.8 Å². The predicted octanol–water partition coefficient (Wildman–Crippen LogP) is 3.09. The minimum absolute atomic E-state index is 0.0476. The quantitative estimate of drug-likeness (QED) is 0.661. The van der Waals surface area contributed by atoms with Crippen molar-refractivity contribution in [1.29, 1.82) is 0 Å². The van der Waals surface area contributed by atoms with Gasteiger partial charge in [-0.15, -0.1) is 0 Å². The predicted molar refractivity (Wildman–Crippen MR) is 103 cm³/mol. The molecule has 138 valence electrons. The molecule has 0 bridgehead atoms. The molecule has 1 rings (SSSR count). The number of amides is 1. The van der Waals surface area contributed by atoms with Gasteiger partial charge in [0.25, 0.3) is 5.91 Å². The van der Waals surface area contributed by atoms with Crippen LogP contribution in [0.15, 0.2) is 30.3 Å². The van der Waals surface area contributed by atoms with Crippen molar-refractivity contribution in [3.8, 4) is 0 Å². The van der Waals surface area contributed by atoms with Crippen LogP contribution in [0.1, 0.15) is 25.8 Å². The molecule has 0 heterocycles. The topological polar surface area (TPSA) is 72.5 Å². The Hall–Kier alpha value is -1.47. The Morgan fingerprint density at radius 2 is 1.88 bits per heavy atom. The maximum Gasteiger partial charge on any atom is 0.335 e. The van der Waals surface area contributed by atoms with Crippen LogP contribution in [0.2, 0.25) is 0 Å². The molecule has 0 fully saturated rings. The second-order valence-corrected chi connectivity index (χ2v) is 7.94. The summed E-state index contributed by atoms with van der Waals surface area (Å²) in [4.78, 5) is 40.4. The summed E-state index contributed by atoms with van der Waals surface area (Å²) in [6.07, 6.45) is 3.15. The number of hydrogen-bond donors (Lipinski definition) is 1. The number of nitrogens with one attached hydrogen (secondary N) is 1. The van der Waals surface area contributed by atoms with Gasteiger partial charge in [0.15, 0.2) is 5.12 Å². The zero-order valence-corrected chi connectivity index (χ0v) is 16.5. The van der Waals surface area contributed by atoms with E-state index in [1.807, 2.05) is 36.6 Å². The molecule has 0 saturated carbocycles. The highest BCUT2D eigenvalue weighted by molar-refractivity contribution is 8.13. The summed E-state index contributed by atoms with van der Waals surface area (Å²) < 4.78 is 0. The lowest BCUT2D eigenvalue weighted by molar-refractivity contribution is -0.163. The van der Waals surface area contributed by atoms with Crippen molar-refractivity contribution in [3.63, 3.8) is 0 Å². The minimum atomic E-state index is -0.453. The Balaban J connectivity index is 2.59. The molecular formula is C18H25NO4S2. The lowest BCUT2D eigenvalue weighted by Gasteiger charge is -2.17. The smallest absolute Gasteiger partial charge is 0.335 e. The molecular weight excluding hydrogens is 358 g/mol. The maximum absolute atomic E-state index is 12.4. The van der Waals surface area contributed by atoms with Crippen LogP contribution in [-0.2, 0) is 25.6 Å². The van der Waals surface area contributed by atoms with Gasteiger partial charge in [0.2, 0.25) is 0 Å². The zero-order valence-electron chi connectivity index (χ0n) is 14.8. The van der Waals surface area contributed by atoms with Gasteiger partial charge in [-0.1, -0.05) is 49.0 Å². The van der Waals surface area contributed by atoms with E-state index in [0.29, 0.717) is 18.6 Å². The summed E-state index contributed by atoms with van der Waals surface area (Å²) in [6, 6.07) is 9.55. The first-order chi connectivity index (χ1) is 11.9. The Labute approximate surface area is 157 Å². The van der Waals surface area contributed by atoms with Crippen molar-refractivity contribution in [2.75, 3.05) is 17.8 Å². The van der Waals surface area contributed by atoms with Crippen molar-refractivity contribution < 1.29 is 19.2 Å². The number of hydroxylamine groups is 1. The number of hydrogen-bond acceptors (Lipinski definition) is 6. The molecule has 0 spiro atoms. The van der Waals surface area contributed by atoms with Gasteiger partial charge < -0.3 is 4.84 Å². The Morgan fingerprint density at radius 1 is 1.20 bits per heavy atom. The number of carbonyl (C=O) groups is 3. The van der Waals surface area contributed by atoms with Crippen LogP contribution in [0.3, 0.4) is 0 Å². The average Bonchev–Trinajstić information content (AvgIpc) is 2.61. The van der Waals surface area contributed by atoms with E-state index in [0.717, 1.165) is 23.1 Å². The third-order valence-corrected chi connectivity index (χ3v) is 5.21. The zero-order chi connectivity index (χ0) is 18.7. The largest absolute Gasteiger partial charge is 0.341 e. The van der Waals surface area contributed by atoms with E-state index >= 15 is 0 Å². The maximum atomic E-state index is 12.4. The molecule has 2 atom stereocenters. The van der Waals surface area contributed by atoms with E-state index in [4.69, 9.17) is 4.84 Å². The third kappa shape index (κ3) is 8.97. The Bertz CT molecular complexity index is 565. The summed E-state index contributed by atoms with van der Waals surface area (Å²) in [6.45, 7) is 3.24. The second kappa shape index (κ2) is 12.0. The Morgan fingerprint density at radius 3 is 2.48 bits per heavy atom. The summed E-state index contributed by atoms with van der Waals surface area (Å²) in [5, 5.41) is -0.0476. The van der Waals surface area contributed by atoms with E-state index in [1.54, 1.807) is 18.7 Å². The minimum Gasteiger partial charge on any atom is -0.341 e. The van der Waals surface area contributed by atoms with E-state index < -0.39 is 11.9 Å². The van der Waals surface area contributed by atoms with Gasteiger partial charge >= 0.3 is 5.97 Å². The highest BCUT2D eigenvalue weighted by atomic mass is 32.2. The molecule has 0 saturated heterocycles. The number of benzene rings is 1. The molecule has 0 aliphatic rings. The number of thioether (sulfide) groups is 2. The highest BCUT2D eigenvalue weighted by Gasteiger charge is 2.22. The molecule has 25 heavy (non-hydrogen) atoms. The van der Waals surface area contributed by atoms with E-state index in [-0.39, 0.29) is 16.9 Å². The van der Waals surface area contributed by atoms with Gasteiger partial charge in [0, 0.05) is 12.7 Å². The molecule has 1 amide bonds. The molecule has 7 heteroatoms. The molecule has 5 nitrogen and oxygen atoms in total. The fraction of sp³-hybridized carbons (Fsp3) is 0.500. The van der Waals surface area contributed by atoms with Crippen molar-refractivity contribution in [2.45, 2.75) is 26.7 Å². The van der Waals surface area contributed by atoms with Crippen molar-refractivity contribution >= 4 is 40.5 Å². The molecule has 0 radical (unpaired) electrons. The summed E-state index contributed by atoms with van der Waals surface area (Å²) in [7, 11) is 0. The van der Waals surface area contributed by atoms with Crippen molar-refractivity contribution in [3.05, 3.63) is 35.9 Å². The molecule has 0 aliphatic carbocycles. The Kier molecular flexibility index (Phi) is 10.3. The van der Waals surface area contributed by atoms with Crippen molar-refractivity contribution in [1.82, 2.24) is 5.48 Å². The van der Waals surface area contributed by atoms with Gasteiger partial charge in [-0.25, -0.2) is 4.79 Å². The molecule has 0 aromatic heterocycles. The van der Waals surface area contributed by atoms with Crippen LogP contribution in [0.4, 0.5) is 0 Å². The molecule has 1 N–H and O–H groups in total. The average molecular weight is 384 g/mol. The van der Waals surface area contributed by atoms with Gasteiger partial charge in [0.05, 0.1) is 11.8 Å². The molecule has 1 unspecified atom stereocenters. The van der Waals surface area contributed by atoms with E-state index in [9.17, 15) is 14.4 Å². The number of carbonyl (C=O) groups excluding carboxylic acids is 3.